The van der Waals surface area contributed by atoms with E-state index in [9.17, 15) is 9.59 Å². The van der Waals surface area contributed by atoms with Gasteiger partial charge in [0.25, 0.3) is 5.56 Å². The number of hydrogen-bond acceptors (Lipinski definition) is 8. The summed E-state index contributed by atoms with van der Waals surface area (Å²) in [4.78, 5) is 32.4. The van der Waals surface area contributed by atoms with E-state index in [4.69, 9.17) is 42.1 Å². The Bertz CT molecular complexity index is 2000. The molecule has 0 saturated heterocycles. The van der Waals surface area contributed by atoms with Gasteiger partial charge < -0.3 is 18.9 Å². The molecule has 0 unspecified atom stereocenters. The molecule has 0 amide bonds. The van der Waals surface area contributed by atoms with Gasteiger partial charge in [-0.05, 0) is 93.7 Å². The molecule has 4 aromatic rings. The largest absolute Gasteiger partial charge is 0.497 e. The van der Waals surface area contributed by atoms with Gasteiger partial charge in [-0.25, -0.2) is 9.79 Å². The highest BCUT2D eigenvalue weighted by Crippen LogP contribution is 2.38. The molecule has 45 heavy (non-hydrogen) atoms. The van der Waals surface area contributed by atoms with Crippen LogP contribution in [0.25, 0.3) is 6.08 Å². The van der Waals surface area contributed by atoms with Crippen molar-refractivity contribution in [2.24, 2.45) is 4.99 Å². The first-order valence-corrected chi connectivity index (χ1v) is 16.7. The van der Waals surface area contributed by atoms with Crippen LogP contribution in [0, 0.1) is 0 Å². The number of methoxy groups -OCH3 is 2. The summed E-state index contributed by atoms with van der Waals surface area (Å²) in [5.74, 6) is 1.04. The number of ether oxygens (including phenoxy) is 4. The zero-order valence-corrected chi connectivity index (χ0v) is 30.0. The monoisotopic (exact) mass is 794 g/mol. The molecular formula is C32H26Br2Cl2N2O6S. The summed E-state index contributed by atoms with van der Waals surface area (Å²) < 4.78 is 25.8. The number of esters is 1. The SMILES string of the molecule is CCOC(=O)C1=C(C)N=c2s/c(=C\c3cc(Br)c(OCc4ccc(Cl)cc4Cl)c(Br)c3)c(=O)n2[C@H]1c1ccc(OC)cc1OC. The van der Waals surface area contributed by atoms with Crippen molar-refractivity contribution in [3.63, 3.8) is 0 Å². The minimum Gasteiger partial charge on any atom is -0.497 e. The van der Waals surface area contributed by atoms with Gasteiger partial charge in [0.05, 0.1) is 45.6 Å². The second-order valence-corrected chi connectivity index (χ2v) is 13.3. The van der Waals surface area contributed by atoms with Crippen LogP contribution >= 0.6 is 66.4 Å². The molecular weight excluding hydrogens is 771 g/mol. The average molecular weight is 797 g/mol. The number of nitrogens with zero attached hydrogens (tertiary/aromatic N) is 2. The van der Waals surface area contributed by atoms with Crippen LogP contribution in [-0.4, -0.2) is 31.4 Å². The number of carbonyl (C=O) groups excluding carboxylic acids is 1. The highest BCUT2D eigenvalue weighted by atomic mass is 79.9. The molecule has 0 radical (unpaired) electrons. The number of thiazole rings is 1. The van der Waals surface area contributed by atoms with Gasteiger partial charge in [-0.15, -0.1) is 0 Å². The maximum Gasteiger partial charge on any atom is 0.338 e. The molecule has 1 aliphatic heterocycles. The molecule has 1 aromatic heterocycles. The first kappa shape index (κ1) is 33.3. The fourth-order valence-corrected chi connectivity index (χ4v) is 7.83. The Hall–Kier alpha value is -3.09. The lowest BCUT2D eigenvalue weighted by Crippen LogP contribution is -2.40. The van der Waals surface area contributed by atoms with Crippen molar-refractivity contribution >= 4 is 78.4 Å². The van der Waals surface area contributed by atoms with E-state index in [0.717, 1.165) is 11.1 Å². The van der Waals surface area contributed by atoms with Gasteiger partial charge in [0.1, 0.15) is 29.9 Å². The molecule has 8 nitrogen and oxygen atoms in total. The van der Waals surface area contributed by atoms with Gasteiger partial charge in [-0.2, -0.15) is 0 Å². The third kappa shape index (κ3) is 6.88. The number of carbonyl (C=O) groups is 1. The average Bonchev–Trinajstić information content (AvgIpc) is 3.30. The molecule has 0 fully saturated rings. The highest BCUT2D eigenvalue weighted by Gasteiger charge is 2.35. The van der Waals surface area contributed by atoms with Crippen LogP contribution in [0.1, 0.15) is 36.6 Å². The van der Waals surface area contributed by atoms with E-state index in [1.165, 1.54) is 23.0 Å². The number of aromatic nitrogens is 1. The van der Waals surface area contributed by atoms with Crippen LogP contribution in [-0.2, 0) is 16.1 Å². The summed E-state index contributed by atoms with van der Waals surface area (Å²) in [7, 11) is 3.08. The van der Waals surface area contributed by atoms with Crippen molar-refractivity contribution in [3.05, 3.63) is 115 Å². The van der Waals surface area contributed by atoms with Crippen LogP contribution < -0.4 is 29.1 Å². The molecule has 0 N–H and O–H groups in total. The summed E-state index contributed by atoms with van der Waals surface area (Å²) in [6.07, 6.45) is 1.77. The Morgan fingerprint density at radius 3 is 2.44 bits per heavy atom. The Labute approximate surface area is 289 Å². The quantitative estimate of drug-likeness (QED) is 0.166. The van der Waals surface area contributed by atoms with Crippen LogP contribution in [0.15, 0.2) is 78.5 Å². The molecule has 0 saturated carbocycles. The van der Waals surface area contributed by atoms with Crippen LogP contribution in [0.5, 0.6) is 17.2 Å². The lowest BCUT2D eigenvalue weighted by Gasteiger charge is -2.26. The predicted octanol–water partition coefficient (Wildman–Crippen LogP) is 7.23. The summed E-state index contributed by atoms with van der Waals surface area (Å²) in [6, 6.07) is 13.3. The zero-order chi connectivity index (χ0) is 32.4. The topological polar surface area (TPSA) is 88.4 Å². The van der Waals surface area contributed by atoms with Gasteiger partial charge in [-0.3, -0.25) is 9.36 Å². The number of benzene rings is 3. The molecule has 0 bridgehead atoms. The minimum absolute atomic E-state index is 0.169. The van der Waals surface area contributed by atoms with E-state index in [1.807, 2.05) is 18.2 Å². The van der Waals surface area contributed by atoms with E-state index in [2.05, 4.69) is 36.9 Å². The van der Waals surface area contributed by atoms with Gasteiger partial charge in [0, 0.05) is 27.2 Å². The molecule has 13 heteroatoms. The summed E-state index contributed by atoms with van der Waals surface area (Å²) in [5.41, 5.74) is 2.50. The van der Waals surface area contributed by atoms with E-state index >= 15 is 0 Å². The summed E-state index contributed by atoms with van der Waals surface area (Å²) in [5, 5.41) is 1.05. The van der Waals surface area contributed by atoms with E-state index in [-0.39, 0.29) is 24.3 Å². The molecule has 0 spiro atoms. The van der Waals surface area contributed by atoms with Crippen LogP contribution in [0.3, 0.4) is 0 Å². The lowest BCUT2D eigenvalue weighted by atomic mass is 9.95. The van der Waals surface area contributed by atoms with Crippen molar-refractivity contribution in [2.45, 2.75) is 26.5 Å². The van der Waals surface area contributed by atoms with Crippen molar-refractivity contribution in [2.75, 3.05) is 20.8 Å². The van der Waals surface area contributed by atoms with Crippen LogP contribution in [0.2, 0.25) is 10.0 Å². The van der Waals surface area contributed by atoms with Crippen molar-refractivity contribution in [1.82, 2.24) is 4.57 Å². The fourth-order valence-electron chi connectivity index (χ4n) is 4.87. The first-order chi connectivity index (χ1) is 21.6. The normalized spacial score (nSPS) is 14.6. The van der Waals surface area contributed by atoms with Gasteiger partial charge >= 0.3 is 5.97 Å². The Morgan fingerprint density at radius 2 is 1.80 bits per heavy atom. The zero-order valence-electron chi connectivity index (χ0n) is 24.5. The third-order valence-electron chi connectivity index (χ3n) is 6.96. The standard InChI is InChI=1S/C32H26Br2Cl2N2O6S/c1-5-43-31(40)27-16(2)37-32-38(28(27)21-9-8-20(41-3)14-25(21)42-4)30(39)26(45-32)12-17-10-22(33)29(23(34)11-17)44-15-18-6-7-19(35)13-24(18)36/h6-14,28H,5,15H2,1-4H3/b26-12-/t28-/m0/s1. The number of allylic oxidation sites excluding steroid dienone is 1. The van der Waals surface area contributed by atoms with Crippen molar-refractivity contribution < 1.29 is 23.7 Å². The lowest BCUT2D eigenvalue weighted by molar-refractivity contribution is -0.139. The maximum atomic E-state index is 14.1. The molecule has 2 heterocycles. The van der Waals surface area contributed by atoms with Gasteiger partial charge in [0.2, 0.25) is 0 Å². The molecule has 3 aromatic carbocycles. The Balaban J connectivity index is 1.58. The number of fused-ring (bicyclic) bond motifs is 1. The first-order valence-electron chi connectivity index (χ1n) is 13.5. The Morgan fingerprint density at radius 1 is 1.07 bits per heavy atom. The van der Waals surface area contributed by atoms with E-state index < -0.39 is 12.0 Å². The minimum atomic E-state index is -0.836. The second-order valence-electron chi connectivity index (χ2n) is 9.75. The fraction of sp³-hybridized carbons (Fsp3) is 0.219. The van der Waals surface area contributed by atoms with Crippen molar-refractivity contribution in [1.29, 1.82) is 0 Å². The van der Waals surface area contributed by atoms with Gasteiger partial charge in [-0.1, -0.05) is 40.6 Å². The molecule has 0 aliphatic carbocycles. The predicted molar refractivity (Wildman–Crippen MR) is 183 cm³/mol. The number of rotatable bonds is 9. The molecule has 234 valence electrons. The number of halogens is 4. The van der Waals surface area contributed by atoms with Crippen molar-refractivity contribution in [3.8, 4) is 17.2 Å². The van der Waals surface area contributed by atoms with E-state index in [1.54, 1.807) is 57.4 Å². The van der Waals surface area contributed by atoms with Crippen LogP contribution in [0.4, 0.5) is 0 Å². The summed E-state index contributed by atoms with van der Waals surface area (Å²) >= 11 is 20.7. The second kappa shape index (κ2) is 14.1. The Kier molecular flexibility index (Phi) is 10.4. The molecule has 1 aliphatic rings. The smallest absolute Gasteiger partial charge is 0.338 e. The van der Waals surface area contributed by atoms with E-state index in [0.29, 0.717) is 56.8 Å². The third-order valence-corrected chi connectivity index (χ3v) is 9.71. The maximum absolute atomic E-state index is 14.1. The molecule has 5 rings (SSSR count). The summed E-state index contributed by atoms with van der Waals surface area (Å²) in [6.45, 7) is 3.85. The molecule has 1 atom stereocenters. The number of hydrogen-bond donors (Lipinski definition) is 0. The van der Waals surface area contributed by atoms with Gasteiger partial charge in [0.15, 0.2) is 4.80 Å². The highest BCUT2D eigenvalue weighted by molar-refractivity contribution is 9.11.